The average Bonchev–Trinajstić information content (AvgIpc) is 2.94. The highest BCUT2D eigenvalue weighted by Crippen LogP contribution is 2.37. The molecule has 2 unspecified atom stereocenters. The number of benzene rings is 1. The molecule has 1 saturated carbocycles. The second kappa shape index (κ2) is 11.6. The van der Waals surface area contributed by atoms with Crippen molar-refractivity contribution in [1.29, 1.82) is 0 Å². The molecule has 0 aromatic heterocycles. The smallest absolute Gasteiger partial charge is 0.303 e. The average molecular weight is 425 g/mol. The molecule has 6 nitrogen and oxygen atoms in total. The molecule has 7 heteroatoms. The Morgan fingerprint density at radius 3 is 2.59 bits per heavy atom. The summed E-state index contributed by atoms with van der Waals surface area (Å²) in [5.74, 6) is 0.152. The number of carboxylic acids is 1. The molecule has 1 aromatic carbocycles. The van der Waals surface area contributed by atoms with Crippen molar-refractivity contribution in [2.75, 3.05) is 12.4 Å². The predicted octanol–water partition coefficient (Wildman–Crippen LogP) is 3.29. The number of aliphatic hydroxyl groups excluding tert-OH is 1. The van der Waals surface area contributed by atoms with Gasteiger partial charge in [0.05, 0.1) is 6.10 Å². The predicted molar refractivity (Wildman–Crippen MR) is 113 cm³/mol. The van der Waals surface area contributed by atoms with Crippen LogP contribution in [0, 0.1) is 5.92 Å². The topological polar surface area (TPSA) is 104 Å². The lowest BCUT2D eigenvalue weighted by molar-refractivity contribution is -0.137. The highest BCUT2D eigenvalue weighted by molar-refractivity contribution is 8.00. The zero-order valence-electron chi connectivity index (χ0n) is 17.0. The van der Waals surface area contributed by atoms with Crippen molar-refractivity contribution < 1.29 is 29.6 Å². The molecule has 0 aliphatic heterocycles. The molecule has 0 bridgehead atoms. The Kier molecular flexibility index (Phi) is 9.46. The standard InChI is InChI=1S/C22H32O6S/c1-22(27,14-28-16-9-5-4-6-10-16)15-29-21-17(18(23)13-19(21)24)11-7-2-3-8-12-20(25)26/h4-6,9-10,17,19,21,24,27H,2-3,7-8,11-15H2,1H3,(H,25,26)/t17-,19?,21+,22?/m0/s1. The number of carbonyl (C=O) groups excluding carboxylic acids is 1. The van der Waals surface area contributed by atoms with E-state index in [4.69, 9.17) is 9.84 Å². The summed E-state index contributed by atoms with van der Waals surface area (Å²) in [6.45, 7) is 1.83. The first-order valence-electron chi connectivity index (χ1n) is 10.2. The minimum atomic E-state index is -1.08. The lowest BCUT2D eigenvalue weighted by Gasteiger charge is -2.27. The maximum Gasteiger partial charge on any atom is 0.303 e. The molecule has 0 saturated heterocycles. The van der Waals surface area contributed by atoms with Gasteiger partial charge >= 0.3 is 5.97 Å². The first kappa shape index (κ1) is 23.7. The van der Waals surface area contributed by atoms with Crippen LogP contribution in [0.2, 0.25) is 0 Å². The van der Waals surface area contributed by atoms with Crippen molar-refractivity contribution >= 4 is 23.5 Å². The Morgan fingerprint density at radius 1 is 1.21 bits per heavy atom. The van der Waals surface area contributed by atoms with E-state index >= 15 is 0 Å². The lowest BCUT2D eigenvalue weighted by Crippen LogP contribution is -2.37. The molecular weight excluding hydrogens is 392 g/mol. The quantitative estimate of drug-likeness (QED) is 0.417. The van der Waals surface area contributed by atoms with Crippen LogP contribution in [0.5, 0.6) is 5.75 Å². The number of aliphatic carboxylic acids is 1. The van der Waals surface area contributed by atoms with E-state index in [2.05, 4.69) is 0 Å². The fourth-order valence-corrected chi connectivity index (χ4v) is 5.02. The largest absolute Gasteiger partial charge is 0.491 e. The van der Waals surface area contributed by atoms with Gasteiger partial charge in [-0.3, -0.25) is 9.59 Å². The highest BCUT2D eigenvalue weighted by Gasteiger charge is 2.42. The molecule has 29 heavy (non-hydrogen) atoms. The maximum absolute atomic E-state index is 12.3. The van der Waals surface area contributed by atoms with Gasteiger partial charge in [0.1, 0.15) is 23.7 Å². The van der Waals surface area contributed by atoms with Crippen LogP contribution in [-0.4, -0.2) is 56.4 Å². The van der Waals surface area contributed by atoms with Gasteiger partial charge in [-0.2, -0.15) is 11.8 Å². The minimum absolute atomic E-state index is 0.0840. The van der Waals surface area contributed by atoms with Gasteiger partial charge in [0.2, 0.25) is 0 Å². The van der Waals surface area contributed by atoms with Crippen LogP contribution < -0.4 is 4.74 Å². The monoisotopic (exact) mass is 424 g/mol. The number of Topliss-reactive ketones (excluding diaryl/α,β-unsaturated/α-hetero) is 1. The van der Waals surface area contributed by atoms with Crippen LogP contribution in [0.3, 0.4) is 0 Å². The summed E-state index contributed by atoms with van der Waals surface area (Å²) in [7, 11) is 0. The molecule has 3 N–H and O–H groups in total. The third-order valence-corrected chi connectivity index (χ3v) is 6.95. The van der Waals surface area contributed by atoms with Gasteiger partial charge in [0, 0.05) is 29.8 Å². The third kappa shape index (κ3) is 8.36. The Morgan fingerprint density at radius 2 is 1.90 bits per heavy atom. The van der Waals surface area contributed by atoms with E-state index in [0.29, 0.717) is 24.3 Å². The minimum Gasteiger partial charge on any atom is -0.491 e. The first-order valence-corrected chi connectivity index (χ1v) is 11.3. The van der Waals surface area contributed by atoms with Crippen molar-refractivity contribution in [2.24, 2.45) is 5.92 Å². The number of rotatable bonds is 13. The van der Waals surface area contributed by atoms with Gasteiger partial charge in [-0.15, -0.1) is 0 Å². The summed E-state index contributed by atoms with van der Waals surface area (Å²) in [5.41, 5.74) is -1.08. The zero-order valence-corrected chi connectivity index (χ0v) is 17.8. The zero-order chi connectivity index (χ0) is 21.3. The van der Waals surface area contributed by atoms with E-state index in [1.807, 2.05) is 30.3 Å². The molecule has 4 atom stereocenters. The van der Waals surface area contributed by atoms with Crippen LogP contribution in [0.25, 0.3) is 0 Å². The SMILES string of the molecule is CC(O)(COc1ccccc1)CS[C@H]1C(O)CC(=O)[C@@H]1CCCCCCC(=O)O. The molecule has 1 fully saturated rings. The van der Waals surface area contributed by atoms with Crippen molar-refractivity contribution in [2.45, 2.75) is 68.8 Å². The Balaban J connectivity index is 1.77. The molecule has 0 spiro atoms. The summed E-state index contributed by atoms with van der Waals surface area (Å²) in [6, 6.07) is 9.28. The van der Waals surface area contributed by atoms with Gasteiger partial charge < -0.3 is 20.1 Å². The Hall–Kier alpha value is -1.57. The molecule has 0 heterocycles. The Bertz CT molecular complexity index is 648. The van der Waals surface area contributed by atoms with Gasteiger partial charge in [-0.1, -0.05) is 37.5 Å². The normalized spacial score (nSPS) is 23.7. The van der Waals surface area contributed by atoms with Crippen LogP contribution in [0.15, 0.2) is 30.3 Å². The Labute approximate surface area is 176 Å². The van der Waals surface area contributed by atoms with Crippen molar-refractivity contribution in [3.8, 4) is 5.75 Å². The maximum atomic E-state index is 12.3. The fraction of sp³-hybridized carbons (Fsp3) is 0.636. The molecule has 1 aromatic rings. The summed E-state index contributed by atoms with van der Waals surface area (Å²) < 4.78 is 5.65. The van der Waals surface area contributed by atoms with Gasteiger partial charge in [-0.25, -0.2) is 0 Å². The summed E-state index contributed by atoms with van der Waals surface area (Å²) >= 11 is 1.44. The second-order valence-corrected chi connectivity index (χ2v) is 9.23. The van der Waals surface area contributed by atoms with Crippen LogP contribution in [0.4, 0.5) is 0 Å². The lowest BCUT2D eigenvalue weighted by atomic mass is 9.98. The molecule has 0 amide bonds. The van der Waals surface area contributed by atoms with Crippen LogP contribution >= 0.6 is 11.8 Å². The summed E-state index contributed by atoms with van der Waals surface area (Å²) in [5, 5.41) is 29.4. The fourth-order valence-electron chi connectivity index (χ4n) is 3.54. The first-order chi connectivity index (χ1) is 13.8. The molecule has 0 radical (unpaired) electrons. The summed E-state index contributed by atoms with van der Waals surface area (Å²) in [6.07, 6.45) is 3.57. The molecule has 1 aliphatic rings. The van der Waals surface area contributed by atoms with E-state index in [1.54, 1.807) is 6.92 Å². The van der Waals surface area contributed by atoms with Crippen LogP contribution in [0.1, 0.15) is 51.9 Å². The number of carbonyl (C=O) groups is 2. The molecule has 2 rings (SSSR count). The number of aliphatic hydroxyl groups is 2. The van der Waals surface area contributed by atoms with Crippen molar-refractivity contribution in [3.63, 3.8) is 0 Å². The molecule has 1 aliphatic carbocycles. The van der Waals surface area contributed by atoms with E-state index < -0.39 is 17.7 Å². The number of unbranched alkanes of at least 4 members (excludes halogenated alkanes) is 3. The second-order valence-electron chi connectivity index (χ2n) is 8.07. The van der Waals surface area contributed by atoms with E-state index in [1.165, 1.54) is 11.8 Å². The van der Waals surface area contributed by atoms with Gasteiger partial charge in [0.25, 0.3) is 0 Å². The van der Waals surface area contributed by atoms with Gasteiger partial charge in [-0.05, 0) is 31.9 Å². The number of ketones is 1. The number of carboxylic acid groups (broad SMARTS) is 1. The number of para-hydroxylation sites is 1. The van der Waals surface area contributed by atoms with Crippen LogP contribution in [-0.2, 0) is 9.59 Å². The van der Waals surface area contributed by atoms with Gasteiger partial charge in [0.15, 0.2) is 0 Å². The van der Waals surface area contributed by atoms with E-state index in [0.717, 1.165) is 19.3 Å². The third-order valence-electron chi connectivity index (χ3n) is 5.14. The van der Waals surface area contributed by atoms with Crippen molar-refractivity contribution in [3.05, 3.63) is 30.3 Å². The number of ether oxygens (including phenoxy) is 1. The number of hydrogen-bond acceptors (Lipinski definition) is 6. The number of hydrogen-bond donors (Lipinski definition) is 3. The van der Waals surface area contributed by atoms with E-state index in [-0.39, 0.29) is 36.4 Å². The van der Waals surface area contributed by atoms with E-state index in [9.17, 15) is 19.8 Å². The number of thioether (sulfide) groups is 1. The molecule has 162 valence electrons. The summed E-state index contributed by atoms with van der Waals surface area (Å²) in [4.78, 5) is 22.8. The molecular formula is C22H32O6S. The van der Waals surface area contributed by atoms with Crippen molar-refractivity contribution in [1.82, 2.24) is 0 Å². The highest BCUT2D eigenvalue weighted by atomic mass is 32.2.